The van der Waals surface area contributed by atoms with E-state index in [0.717, 1.165) is 11.3 Å². The average Bonchev–Trinajstić information content (AvgIpc) is 2.45. The van der Waals surface area contributed by atoms with Crippen LogP contribution >= 0.6 is 11.6 Å². The predicted molar refractivity (Wildman–Crippen MR) is 76.5 cm³/mol. The molecule has 0 spiro atoms. The van der Waals surface area contributed by atoms with E-state index in [1.807, 2.05) is 36.4 Å². The van der Waals surface area contributed by atoms with E-state index >= 15 is 0 Å². The largest absolute Gasteiger partial charge is 0.495 e. The van der Waals surface area contributed by atoms with Crippen LogP contribution in [0, 0.1) is 11.3 Å². The van der Waals surface area contributed by atoms with Crippen LogP contribution in [-0.4, -0.2) is 7.11 Å². The highest BCUT2D eigenvalue weighted by Gasteiger charge is 2.02. The van der Waals surface area contributed by atoms with Crippen molar-refractivity contribution < 1.29 is 4.74 Å². The molecule has 0 amide bonds. The highest BCUT2D eigenvalue weighted by atomic mass is 35.5. The summed E-state index contributed by atoms with van der Waals surface area (Å²) in [5.74, 6) is 0.664. The lowest BCUT2D eigenvalue weighted by molar-refractivity contribution is 0.415. The fourth-order valence-corrected chi connectivity index (χ4v) is 2.00. The molecular formula is C15H13ClN2O. The molecule has 2 rings (SSSR count). The smallest absolute Gasteiger partial charge is 0.137 e. The molecule has 0 atom stereocenters. The second-order valence-electron chi connectivity index (χ2n) is 4.02. The third kappa shape index (κ3) is 3.40. The van der Waals surface area contributed by atoms with Crippen molar-refractivity contribution in [3.05, 3.63) is 58.6 Å². The van der Waals surface area contributed by atoms with Crippen molar-refractivity contribution in [1.29, 1.82) is 5.26 Å². The van der Waals surface area contributed by atoms with Gasteiger partial charge in [0.1, 0.15) is 5.75 Å². The molecule has 0 saturated carbocycles. The van der Waals surface area contributed by atoms with Gasteiger partial charge >= 0.3 is 0 Å². The van der Waals surface area contributed by atoms with Crippen molar-refractivity contribution in [2.75, 3.05) is 12.4 Å². The Morgan fingerprint density at radius 1 is 1.26 bits per heavy atom. The molecule has 0 aliphatic heterocycles. The van der Waals surface area contributed by atoms with Gasteiger partial charge in [-0.2, -0.15) is 5.26 Å². The Morgan fingerprint density at radius 2 is 2.11 bits per heavy atom. The molecule has 2 aromatic carbocycles. The number of methoxy groups -OCH3 is 1. The number of halogens is 1. The Hall–Kier alpha value is -2.18. The summed E-state index contributed by atoms with van der Waals surface area (Å²) >= 11 is 6.06. The molecule has 0 fully saturated rings. The lowest BCUT2D eigenvalue weighted by Crippen LogP contribution is -1.99. The molecule has 2 aromatic rings. The van der Waals surface area contributed by atoms with Gasteiger partial charge in [0.15, 0.2) is 0 Å². The molecule has 3 nitrogen and oxygen atoms in total. The van der Waals surface area contributed by atoms with Gasteiger partial charge in [-0.15, -0.1) is 0 Å². The van der Waals surface area contributed by atoms with Crippen LogP contribution in [-0.2, 0) is 6.54 Å². The summed E-state index contributed by atoms with van der Waals surface area (Å²) in [4.78, 5) is 0. The molecule has 0 aliphatic rings. The minimum Gasteiger partial charge on any atom is -0.495 e. The fourth-order valence-electron chi connectivity index (χ4n) is 1.72. The SMILES string of the molecule is COc1ccc(CNc2cccc(C#N)c2)cc1Cl. The van der Waals surface area contributed by atoms with Crippen LogP contribution in [0.2, 0.25) is 5.02 Å². The number of nitrogens with one attached hydrogen (secondary N) is 1. The molecule has 0 bridgehead atoms. The maximum Gasteiger partial charge on any atom is 0.137 e. The minimum absolute atomic E-state index is 0.590. The van der Waals surface area contributed by atoms with Crippen LogP contribution in [0.3, 0.4) is 0 Å². The van der Waals surface area contributed by atoms with Crippen LogP contribution < -0.4 is 10.1 Å². The number of nitriles is 1. The summed E-state index contributed by atoms with van der Waals surface area (Å²) < 4.78 is 5.10. The summed E-state index contributed by atoms with van der Waals surface area (Å²) in [5.41, 5.74) is 2.59. The Morgan fingerprint density at radius 3 is 2.79 bits per heavy atom. The summed E-state index contributed by atoms with van der Waals surface area (Å²) in [6.45, 7) is 0.637. The van der Waals surface area contributed by atoms with Crippen LogP contribution in [0.4, 0.5) is 5.69 Å². The van der Waals surface area contributed by atoms with E-state index in [0.29, 0.717) is 22.9 Å². The summed E-state index contributed by atoms with van der Waals surface area (Å²) in [7, 11) is 1.59. The molecule has 0 aliphatic carbocycles. The lowest BCUT2D eigenvalue weighted by atomic mass is 10.2. The Bertz CT molecular complexity index is 620. The first kappa shape index (κ1) is 13.3. The predicted octanol–water partition coefficient (Wildman–Crippen LogP) is 3.83. The average molecular weight is 273 g/mol. The van der Waals surface area contributed by atoms with Gasteiger partial charge in [-0.05, 0) is 35.9 Å². The highest BCUT2D eigenvalue weighted by Crippen LogP contribution is 2.25. The maximum atomic E-state index is 8.83. The first-order valence-corrected chi connectivity index (χ1v) is 6.17. The number of hydrogen-bond donors (Lipinski definition) is 1. The quantitative estimate of drug-likeness (QED) is 0.920. The van der Waals surface area contributed by atoms with Gasteiger partial charge in [0.25, 0.3) is 0 Å². The molecule has 0 aromatic heterocycles. The summed E-state index contributed by atoms with van der Waals surface area (Å²) in [5, 5.41) is 12.7. The molecule has 0 radical (unpaired) electrons. The van der Waals surface area contributed by atoms with Crippen LogP contribution in [0.1, 0.15) is 11.1 Å². The third-order valence-corrected chi connectivity index (χ3v) is 3.00. The number of benzene rings is 2. The molecule has 0 unspecified atom stereocenters. The van der Waals surface area contributed by atoms with Crippen molar-refractivity contribution in [3.63, 3.8) is 0 Å². The Kier molecular flexibility index (Phi) is 4.27. The van der Waals surface area contributed by atoms with E-state index in [-0.39, 0.29) is 0 Å². The topological polar surface area (TPSA) is 45.0 Å². The number of ether oxygens (including phenoxy) is 1. The summed E-state index contributed by atoms with van der Waals surface area (Å²) in [6.07, 6.45) is 0. The van der Waals surface area contributed by atoms with E-state index in [9.17, 15) is 0 Å². The third-order valence-electron chi connectivity index (χ3n) is 2.70. The monoisotopic (exact) mass is 272 g/mol. The zero-order valence-electron chi connectivity index (χ0n) is 10.5. The normalized spacial score (nSPS) is 9.74. The zero-order valence-corrected chi connectivity index (χ0v) is 11.2. The molecule has 1 N–H and O–H groups in total. The Labute approximate surface area is 117 Å². The van der Waals surface area contributed by atoms with Gasteiger partial charge in [-0.1, -0.05) is 23.7 Å². The second kappa shape index (κ2) is 6.12. The van der Waals surface area contributed by atoms with Gasteiger partial charge in [0.05, 0.1) is 23.8 Å². The molecule has 96 valence electrons. The van der Waals surface area contributed by atoms with Crippen molar-refractivity contribution in [3.8, 4) is 11.8 Å². The first-order valence-electron chi connectivity index (χ1n) is 5.79. The van der Waals surface area contributed by atoms with Gasteiger partial charge in [0.2, 0.25) is 0 Å². The van der Waals surface area contributed by atoms with E-state index in [4.69, 9.17) is 21.6 Å². The fraction of sp³-hybridized carbons (Fsp3) is 0.133. The molecule has 0 saturated heterocycles. The van der Waals surface area contributed by atoms with Gasteiger partial charge in [0, 0.05) is 12.2 Å². The van der Waals surface area contributed by atoms with E-state index < -0.39 is 0 Å². The van der Waals surface area contributed by atoms with E-state index in [1.54, 1.807) is 13.2 Å². The van der Waals surface area contributed by atoms with Crippen molar-refractivity contribution in [2.45, 2.75) is 6.54 Å². The van der Waals surface area contributed by atoms with Crippen LogP contribution in [0.25, 0.3) is 0 Å². The number of anilines is 1. The van der Waals surface area contributed by atoms with Crippen LogP contribution in [0.5, 0.6) is 5.75 Å². The van der Waals surface area contributed by atoms with Crippen molar-refractivity contribution >= 4 is 17.3 Å². The number of nitrogens with zero attached hydrogens (tertiary/aromatic N) is 1. The second-order valence-corrected chi connectivity index (χ2v) is 4.42. The van der Waals surface area contributed by atoms with E-state index in [2.05, 4.69) is 11.4 Å². The molecular weight excluding hydrogens is 260 g/mol. The van der Waals surface area contributed by atoms with Gasteiger partial charge < -0.3 is 10.1 Å². The van der Waals surface area contributed by atoms with Gasteiger partial charge in [-0.3, -0.25) is 0 Å². The number of rotatable bonds is 4. The lowest BCUT2D eigenvalue weighted by Gasteiger charge is -2.09. The molecule has 4 heteroatoms. The van der Waals surface area contributed by atoms with Crippen molar-refractivity contribution in [1.82, 2.24) is 0 Å². The minimum atomic E-state index is 0.590. The molecule has 19 heavy (non-hydrogen) atoms. The highest BCUT2D eigenvalue weighted by molar-refractivity contribution is 6.32. The van der Waals surface area contributed by atoms with Gasteiger partial charge in [-0.25, -0.2) is 0 Å². The zero-order chi connectivity index (χ0) is 13.7. The standard InChI is InChI=1S/C15H13ClN2O/c1-19-15-6-5-12(8-14(15)16)10-18-13-4-2-3-11(7-13)9-17/h2-8,18H,10H2,1H3. The Balaban J connectivity index is 2.06. The van der Waals surface area contributed by atoms with Crippen molar-refractivity contribution in [2.24, 2.45) is 0 Å². The maximum absolute atomic E-state index is 8.83. The van der Waals surface area contributed by atoms with E-state index in [1.165, 1.54) is 0 Å². The molecule has 0 heterocycles. The van der Waals surface area contributed by atoms with Crippen LogP contribution in [0.15, 0.2) is 42.5 Å². The summed E-state index contributed by atoms with van der Waals surface area (Å²) in [6, 6.07) is 15.1. The first-order chi connectivity index (χ1) is 9.22. The number of hydrogen-bond acceptors (Lipinski definition) is 3.